The van der Waals surface area contributed by atoms with Gasteiger partial charge in [-0.05, 0) is 49.6 Å². The zero-order chi connectivity index (χ0) is 15.4. The molecule has 0 aromatic heterocycles. The van der Waals surface area contributed by atoms with E-state index < -0.39 is 0 Å². The number of benzene rings is 2. The second-order valence-corrected chi connectivity index (χ2v) is 5.36. The molecule has 0 aliphatic heterocycles. The van der Waals surface area contributed by atoms with Crippen molar-refractivity contribution in [2.24, 2.45) is 0 Å². The summed E-state index contributed by atoms with van der Waals surface area (Å²) in [6.45, 7) is 6.32. The molecule has 0 heterocycles. The van der Waals surface area contributed by atoms with Crippen LogP contribution in [0.4, 0.5) is 4.39 Å². The normalized spacial score (nSPS) is 13.8. The third-order valence-electron chi connectivity index (χ3n) is 3.83. The molecule has 0 spiro atoms. The minimum Gasteiger partial charge on any atom is -0.494 e. The average molecular weight is 287 g/mol. The van der Waals surface area contributed by atoms with Gasteiger partial charge in [-0.15, -0.1) is 0 Å². The van der Waals surface area contributed by atoms with Crippen LogP contribution in [0.2, 0.25) is 0 Å². The molecule has 0 aliphatic carbocycles. The standard InChI is InChI=1S/C18H22FNO/c1-12-7-5-6-8-16(12)14(3)20-13(2)15-9-10-17(19)18(11-15)21-4/h5-11,13-14,20H,1-4H3/t13?,14-/m1/s1. The summed E-state index contributed by atoms with van der Waals surface area (Å²) in [5, 5.41) is 3.55. The Hall–Kier alpha value is -1.87. The minimum absolute atomic E-state index is 0.106. The van der Waals surface area contributed by atoms with E-state index in [9.17, 15) is 4.39 Å². The highest BCUT2D eigenvalue weighted by Gasteiger charge is 2.14. The molecular weight excluding hydrogens is 265 g/mol. The van der Waals surface area contributed by atoms with Crippen molar-refractivity contribution < 1.29 is 9.13 Å². The molecule has 2 rings (SSSR count). The molecule has 1 unspecified atom stereocenters. The number of halogens is 1. The first-order chi connectivity index (χ1) is 10.0. The molecule has 112 valence electrons. The molecule has 2 aromatic rings. The van der Waals surface area contributed by atoms with Crippen molar-refractivity contribution in [1.29, 1.82) is 0 Å². The molecule has 0 fully saturated rings. The first kappa shape index (κ1) is 15.5. The van der Waals surface area contributed by atoms with Crippen LogP contribution in [0.15, 0.2) is 42.5 Å². The lowest BCUT2D eigenvalue weighted by atomic mass is 10.0. The van der Waals surface area contributed by atoms with E-state index in [1.807, 2.05) is 12.1 Å². The van der Waals surface area contributed by atoms with Crippen LogP contribution in [0, 0.1) is 12.7 Å². The highest BCUT2D eigenvalue weighted by Crippen LogP contribution is 2.25. The van der Waals surface area contributed by atoms with Crippen molar-refractivity contribution in [3.05, 3.63) is 65.0 Å². The summed E-state index contributed by atoms with van der Waals surface area (Å²) >= 11 is 0. The van der Waals surface area contributed by atoms with Gasteiger partial charge in [0.2, 0.25) is 0 Å². The van der Waals surface area contributed by atoms with Crippen molar-refractivity contribution in [3.63, 3.8) is 0 Å². The van der Waals surface area contributed by atoms with E-state index in [-0.39, 0.29) is 23.7 Å². The molecule has 21 heavy (non-hydrogen) atoms. The minimum atomic E-state index is -0.333. The monoisotopic (exact) mass is 287 g/mol. The van der Waals surface area contributed by atoms with E-state index in [0.29, 0.717) is 0 Å². The number of rotatable bonds is 5. The lowest BCUT2D eigenvalue weighted by Crippen LogP contribution is -2.23. The van der Waals surface area contributed by atoms with Crippen molar-refractivity contribution in [2.75, 3.05) is 7.11 Å². The van der Waals surface area contributed by atoms with Crippen molar-refractivity contribution >= 4 is 0 Å². The van der Waals surface area contributed by atoms with E-state index in [4.69, 9.17) is 4.74 Å². The molecular formula is C18H22FNO. The van der Waals surface area contributed by atoms with E-state index in [1.165, 1.54) is 24.3 Å². The van der Waals surface area contributed by atoms with Crippen LogP contribution in [0.3, 0.4) is 0 Å². The summed E-state index contributed by atoms with van der Waals surface area (Å²) in [5.41, 5.74) is 3.55. The van der Waals surface area contributed by atoms with Gasteiger partial charge in [0.05, 0.1) is 7.11 Å². The topological polar surface area (TPSA) is 21.3 Å². The summed E-state index contributed by atoms with van der Waals surface area (Å²) in [6.07, 6.45) is 0. The van der Waals surface area contributed by atoms with Crippen LogP contribution < -0.4 is 10.1 Å². The van der Waals surface area contributed by atoms with Crippen LogP contribution in [-0.2, 0) is 0 Å². The summed E-state index contributed by atoms with van der Waals surface area (Å²) < 4.78 is 18.5. The van der Waals surface area contributed by atoms with Gasteiger partial charge in [0, 0.05) is 12.1 Å². The summed E-state index contributed by atoms with van der Waals surface area (Å²) in [5.74, 6) is -0.0508. The second-order valence-electron chi connectivity index (χ2n) is 5.36. The van der Waals surface area contributed by atoms with Gasteiger partial charge in [0.1, 0.15) is 0 Å². The fourth-order valence-corrected chi connectivity index (χ4v) is 2.58. The van der Waals surface area contributed by atoms with Crippen LogP contribution in [0.25, 0.3) is 0 Å². The highest BCUT2D eigenvalue weighted by molar-refractivity contribution is 5.33. The first-order valence-corrected chi connectivity index (χ1v) is 7.18. The molecule has 0 amide bonds. The Bertz CT molecular complexity index is 612. The zero-order valence-electron chi connectivity index (χ0n) is 13.0. The highest BCUT2D eigenvalue weighted by atomic mass is 19.1. The van der Waals surface area contributed by atoms with E-state index >= 15 is 0 Å². The maximum Gasteiger partial charge on any atom is 0.165 e. The van der Waals surface area contributed by atoms with E-state index in [0.717, 1.165) is 5.56 Å². The Morgan fingerprint density at radius 3 is 2.43 bits per heavy atom. The van der Waals surface area contributed by atoms with Crippen LogP contribution in [0.5, 0.6) is 5.75 Å². The van der Waals surface area contributed by atoms with Gasteiger partial charge in [0.25, 0.3) is 0 Å². The van der Waals surface area contributed by atoms with Gasteiger partial charge in [-0.1, -0.05) is 30.3 Å². The zero-order valence-corrected chi connectivity index (χ0v) is 13.0. The molecule has 0 bridgehead atoms. The fourth-order valence-electron chi connectivity index (χ4n) is 2.58. The molecule has 3 heteroatoms. The maximum absolute atomic E-state index is 13.5. The molecule has 2 aromatic carbocycles. The molecule has 0 saturated heterocycles. The Morgan fingerprint density at radius 2 is 1.76 bits per heavy atom. The quantitative estimate of drug-likeness (QED) is 0.870. The number of ether oxygens (including phenoxy) is 1. The van der Waals surface area contributed by atoms with Gasteiger partial charge in [-0.2, -0.15) is 0 Å². The number of hydrogen-bond acceptors (Lipinski definition) is 2. The fraction of sp³-hybridized carbons (Fsp3) is 0.333. The number of nitrogens with one attached hydrogen (secondary N) is 1. The molecule has 1 N–H and O–H groups in total. The molecule has 0 saturated carbocycles. The lowest BCUT2D eigenvalue weighted by Gasteiger charge is -2.22. The predicted molar refractivity (Wildman–Crippen MR) is 84.1 cm³/mol. The number of hydrogen-bond donors (Lipinski definition) is 1. The molecule has 0 aliphatic rings. The SMILES string of the molecule is COc1cc(C(C)N[C@H](C)c2ccccc2C)ccc1F. The summed E-state index contributed by atoms with van der Waals surface area (Å²) in [7, 11) is 1.48. The first-order valence-electron chi connectivity index (χ1n) is 7.18. The van der Waals surface area contributed by atoms with Gasteiger partial charge in [0.15, 0.2) is 11.6 Å². The Morgan fingerprint density at radius 1 is 1.05 bits per heavy atom. The van der Waals surface area contributed by atoms with Gasteiger partial charge >= 0.3 is 0 Å². The van der Waals surface area contributed by atoms with Crippen LogP contribution >= 0.6 is 0 Å². The molecule has 2 atom stereocenters. The van der Waals surface area contributed by atoms with E-state index in [2.05, 4.69) is 38.2 Å². The summed E-state index contributed by atoms with van der Waals surface area (Å²) in [6, 6.07) is 13.6. The average Bonchev–Trinajstić information content (AvgIpc) is 2.48. The third-order valence-corrected chi connectivity index (χ3v) is 3.83. The Kier molecular flexibility index (Phi) is 4.97. The Balaban J connectivity index is 2.14. The van der Waals surface area contributed by atoms with Crippen LogP contribution in [-0.4, -0.2) is 7.11 Å². The van der Waals surface area contributed by atoms with Crippen molar-refractivity contribution in [3.8, 4) is 5.75 Å². The summed E-state index contributed by atoms with van der Waals surface area (Å²) in [4.78, 5) is 0. The number of aryl methyl sites for hydroxylation is 1. The number of methoxy groups -OCH3 is 1. The Labute approximate surface area is 126 Å². The van der Waals surface area contributed by atoms with Crippen molar-refractivity contribution in [1.82, 2.24) is 5.32 Å². The van der Waals surface area contributed by atoms with E-state index in [1.54, 1.807) is 12.1 Å². The maximum atomic E-state index is 13.5. The third kappa shape index (κ3) is 3.61. The van der Waals surface area contributed by atoms with Gasteiger partial charge in [-0.25, -0.2) is 4.39 Å². The largest absolute Gasteiger partial charge is 0.494 e. The predicted octanol–water partition coefficient (Wildman–Crippen LogP) is 4.55. The second kappa shape index (κ2) is 6.72. The smallest absolute Gasteiger partial charge is 0.165 e. The molecule has 2 nitrogen and oxygen atoms in total. The van der Waals surface area contributed by atoms with Gasteiger partial charge in [-0.3, -0.25) is 0 Å². The van der Waals surface area contributed by atoms with Crippen LogP contribution in [0.1, 0.15) is 42.6 Å². The molecule has 0 radical (unpaired) electrons. The lowest BCUT2D eigenvalue weighted by molar-refractivity contribution is 0.384. The van der Waals surface area contributed by atoms with Gasteiger partial charge < -0.3 is 10.1 Å². The van der Waals surface area contributed by atoms with Crippen molar-refractivity contribution in [2.45, 2.75) is 32.9 Å².